The molecule has 2 aromatic rings. The number of benzene rings is 1. The molecule has 0 spiro atoms. The summed E-state index contributed by atoms with van der Waals surface area (Å²) in [5, 5.41) is 7.22. The summed E-state index contributed by atoms with van der Waals surface area (Å²) in [7, 11) is 0. The molecule has 0 saturated heterocycles. The fraction of sp³-hybridized carbons (Fsp3) is 0.250. The van der Waals surface area contributed by atoms with Crippen LogP contribution in [0.4, 0.5) is 0 Å². The Bertz CT molecular complexity index is 1000. The van der Waals surface area contributed by atoms with Gasteiger partial charge in [-0.15, -0.1) is 0 Å². The summed E-state index contributed by atoms with van der Waals surface area (Å²) in [6.07, 6.45) is 7.37. The lowest BCUT2D eigenvalue weighted by molar-refractivity contribution is -0.127. The molecule has 6 nitrogen and oxygen atoms in total. The number of nitrogens with zero attached hydrogens (tertiary/aromatic N) is 5. The predicted molar refractivity (Wildman–Crippen MR) is 104 cm³/mol. The lowest BCUT2D eigenvalue weighted by Crippen LogP contribution is -2.43. The highest BCUT2D eigenvalue weighted by Crippen LogP contribution is 2.30. The highest BCUT2D eigenvalue weighted by molar-refractivity contribution is 6.43. The number of aromatic nitrogens is 1. The van der Waals surface area contributed by atoms with Crippen molar-refractivity contribution in [3.05, 3.63) is 54.4 Å². The van der Waals surface area contributed by atoms with Gasteiger partial charge < -0.3 is 0 Å². The van der Waals surface area contributed by atoms with Crippen LogP contribution >= 0.6 is 0 Å². The fourth-order valence-corrected chi connectivity index (χ4v) is 3.15. The van der Waals surface area contributed by atoms with E-state index in [1.165, 1.54) is 5.01 Å². The largest absolute Gasteiger partial charge is 0.292 e. The van der Waals surface area contributed by atoms with Crippen LogP contribution in [0.15, 0.2) is 63.9 Å². The van der Waals surface area contributed by atoms with E-state index in [0.29, 0.717) is 18.7 Å². The second-order valence-electron chi connectivity index (χ2n) is 6.94. The Labute approximate surface area is 151 Å². The van der Waals surface area contributed by atoms with Gasteiger partial charge in [0.1, 0.15) is 5.71 Å². The van der Waals surface area contributed by atoms with Crippen LogP contribution in [0.25, 0.3) is 10.9 Å². The first-order chi connectivity index (χ1) is 12.5. The van der Waals surface area contributed by atoms with Crippen molar-refractivity contribution in [2.45, 2.75) is 25.8 Å². The van der Waals surface area contributed by atoms with E-state index in [0.717, 1.165) is 22.2 Å². The highest BCUT2D eigenvalue weighted by atomic mass is 16.2. The molecule has 0 fully saturated rings. The van der Waals surface area contributed by atoms with Gasteiger partial charge >= 0.3 is 0 Å². The van der Waals surface area contributed by atoms with Crippen LogP contribution in [0.1, 0.15) is 25.8 Å². The number of carbonyl (C=O) groups is 1. The quantitative estimate of drug-likeness (QED) is 0.839. The topological polar surface area (TPSA) is 70.3 Å². The Kier molecular flexibility index (Phi) is 3.95. The first-order valence-electron chi connectivity index (χ1n) is 8.54. The summed E-state index contributed by atoms with van der Waals surface area (Å²) in [5.74, 6) is -0.208. The van der Waals surface area contributed by atoms with Crippen molar-refractivity contribution in [2.24, 2.45) is 15.1 Å². The fourth-order valence-electron chi connectivity index (χ4n) is 3.15. The molecule has 2 aliphatic heterocycles. The third-order valence-electron chi connectivity index (χ3n) is 4.50. The molecular weight excluding hydrogens is 326 g/mol. The summed E-state index contributed by atoms with van der Waals surface area (Å²) in [6, 6.07) is 10.0. The number of para-hydroxylation sites is 1. The highest BCUT2D eigenvalue weighted by Gasteiger charge is 2.39. The summed E-state index contributed by atoms with van der Waals surface area (Å²) >= 11 is 0. The number of hydrogen-bond donors (Lipinski definition) is 0. The lowest BCUT2D eigenvalue weighted by atomic mass is 9.95. The van der Waals surface area contributed by atoms with Gasteiger partial charge in [-0.25, -0.2) is 5.01 Å². The molecule has 1 aromatic heterocycles. The molecule has 0 aliphatic carbocycles. The Morgan fingerprint density at radius 2 is 2.08 bits per heavy atom. The van der Waals surface area contributed by atoms with Gasteiger partial charge in [-0.1, -0.05) is 18.2 Å². The first kappa shape index (κ1) is 16.3. The Hall–Kier alpha value is -3.15. The van der Waals surface area contributed by atoms with Crippen molar-refractivity contribution in [3.63, 3.8) is 0 Å². The van der Waals surface area contributed by atoms with Crippen LogP contribution in [-0.4, -0.2) is 45.6 Å². The average molecular weight is 345 g/mol. The molecule has 1 amide bonds. The zero-order chi connectivity index (χ0) is 18.1. The average Bonchev–Trinajstić information content (AvgIpc) is 2.81. The monoisotopic (exact) mass is 345 g/mol. The molecule has 1 aromatic carbocycles. The van der Waals surface area contributed by atoms with Crippen LogP contribution in [0.5, 0.6) is 0 Å². The van der Waals surface area contributed by atoms with Crippen LogP contribution in [-0.2, 0) is 4.79 Å². The van der Waals surface area contributed by atoms with Crippen molar-refractivity contribution in [1.82, 2.24) is 9.99 Å². The van der Waals surface area contributed by atoms with E-state index >= 15 is 0 Å². The molecule has 130 valence electrons. The summed E-state index contributed by atoms with van der Waals surface area (Å²) < 4.78 is 0. The number of fused-ring (bicyclic) bond motifs is 1. The van der Waals surface area contributed by atoms with E-state index in [9.17, 15) is 4.79 Å². The van der Waals surface area contributed by atoms with Crippen LogP contribution < -0.4 is 0 Å². The molecule has 0 radical (unpaired) electrons. The van der Waals surface area contributed by atoms with Crippen molar-refractivity contribution >= 4 is 34.4 Å². The molecule has 4 rings (SSSR count). The van der Waals surface area contributed by atoms with Gasteiger partial charge in [0.15, 0.2) is 0 Å². The standard InChI is InChI=1S/C20H19N5O/c1-20(2)12-18(15-11-14-5-3-4-6-16(14)23-13-15)24-25(20)19(26)17-7-8-21-9-10-22-17/h3-9,11,13H,10,12H2,1-2H3. The second kappa shape index (κ2) is 6.29. The molecule has 0 atom stereocenters. The molecule has 0 bridgehead atoms. The molecule has 0 unspecified atom stereocenters. The number of rotatable bonds is 2. The maximum Gasteiger partial charge on any atom is 0.292 e. The molecule has 26 heavy (non-hydrogen) atoms. The summed E-state index contributed by atoms with van der Waals surface area (Å²) in [5.41, 5.74) is 2.68. The molecule has 6 heteroatoms. The maximum absolute atomic E-state index is 12.9. The van der Waals surface area contributed by atoms with Crippen LogP contribution in [0.2, 0.25) is 0 Å². The number of amides is 1. The molecule has 0 saturated carbocycles. The van der Waals surface area contributed by atoms with E-state index in [1.807, 2.05) is 44.3 Å². The molecule has 0 N–H and O–H groups in total. The molecule has 2 aliphatic rings. The Morgan fingerprint density at radius 1 is 1.23 bits per heavy atom. The maximum atomic E-state index is 12.9. The normalized spacial score (nSPS) is 18.6. The molecule has 3 heterocycles. The van der Waals surface area contributed by atoms with Gasteiger partial charge in [0.25, 0.3) is 5.91 Å². The van der Waals surface area contributed by atoms with Crippen LogP contribution in [0, 0.1) is 0 Å². The van der Waals surface area contributed by atoms with Gasteiger partial charge in [-0.05, 0) is 32.1 Å². The van der Waals surface area contributed by atoms with Crippen molar-refractivity contribution in [3.8, 4) is 0 Å². The Morgan fingerprint density at radius 3 is 2.96 bits per heavy atom. The van der Waals surface area contributed by atoms with Gasteiger partial charge in [0.05, 0.1) is 23.3 Å². The first-order valence-corrected chi connectivity index (χ1v) is 8.54. The minimum Gasteiger partial charge on any atom is -0.274 e. The van der Waals surface area contributed by atoms with E-state index < -0.39 is 5.54 Å². The van der Waals surface area contributed by atoms with E-state index in [-0.39, 0.29) is 5.91 Å². The van der Waals surface area contributed by atoms with Gasteiger partial charge in [-0.2, -0.15) is 5.10 Å². The van der Waals surface area contributed by atoms with Gasteiger partial charge in [0, 0.05) is 36.0 Å². The number of hydrazone groups is 1. The Balaban J connectivity index is 1.68. The van der Waals surface area contributed by atoms with E-state index in [4.69, 9.17) is 0 Å². The van der Waals surface area contributed by atoms with Crippen molar-refractivity contribution in [2.75, 3.05) is 6.54 Å². The third-order valence-corrected chi connectivity index (χ3v) is 4.50. The van der Waals surface area contributed by atoms with Gasteiger partial charge in [-0.3, -0.25) is 19.8 Å². The second-order valence-corrected chi connectivity index (χ2v) is 6.94. The minimum absolute atomic E-state index is 0.208. The molecular formula is C20H19N5O. The van der Waals surface area contributed by atoms with E-state index in [1.54, 1.807) is 18.5 Å². The number of hydrogen-bond acceptors (Lipinski definition) is 5. The van der Waals surface area contributed by atoms with Crippen LogP contribution in [0.3, 0.4) is 0 Å². The zero-order valence-corrected chi connectivity index (χ0v) is 14.8. The zero-order valence-electron chi connectivity index (χ0n) is 14.8. The summed E-state index contributed by atoms with van der Waals surface area (Å²) in [6.45, 7) is 4.41. The smallest absolute Gasteiger partial charge is 0.274 e. The van der Waals surface area contributed by atoms with Gasteiger partial charge in [0.2, 0.25) is 0 Å². The number of pyridine rings is 1. The number of carbonyl (C=O) groups excluding carboxylic acids is 1. The third kappa shape index (κ3) is 2.94. The SMILES string of the molecule is CC1(C)CC(c2cnc3ccccc3c2)=NN1C(=O)C1=NCC=NC=C1. The predicted octanol–water partition coefficient (Wildman–Crippen LogP) is 2.99. The summed E-state index contributed by atoms with van der Waals surface area (Å²) in [4.78, 5) is 25.7. The van der Waals surface area contributed by atoms with Crippen molar-refractivity contribution in [1.29, 1.82) is 0 Å². The lowest BCUT2D eigenvalue weighted by Gasteiger charge is -2.28. The van der Waals surface area contributed by atoms with E-state index in [2.05, 4.69) is 26.1 Å². The minimum atomic E-state index is -0.429. The number of aliphatic imine (C=N–C) groups is 2. The van der Waals surface area contributed by atoms with Crippen molar-refractivity contribution < 1.29 is 4.79 Å².